The number of aromatic nitrogens is 1. The molecular formula is C16H17Br2NO4. The monoisotopic (exact) mass is 445 g/mol. The lowest BCUT2D eigenvalue weighted by Crippen LogP contribution is -2.11. The van der Waals surface area contributed by atoms with E-state index in [-0.39, 0.29) is 17.8 Å². The van der Waals surface area contributed by atoms with Gasteiger partial charge >= 0.3 is 5.97 Å². The quantitative estimate of drug-likeness (QED) is 0.200. The molecule has 0 saturated carbocycles. The standard InChI is InChI=1S/C16H17Br2NO4/c1-3-22-10-13(16(21)23-4-2)11(9-20)5-6-12-14(17)7-19-8-15(12)18/h7-8,10H,3-6H2,1-2H3/b13-10-. The van der Waals surface area contributed by atoms with Crippen LogP contribution in [0.2, 0.25) is 0 Å². The zero-order valence-corrected chi connectivity index (χ0v) is 16.1. The normalized spacial score (nSPS) is 10.9. The molecule has 1 heterocycles. The molecule has 0 radical (unpaired) electrons. The summed E-state index contributed by atoms with van der Waals surface area (Å²) in [5.41, 5.74) is 1.27. The summed E-state index contributed by atoms with van der Waals surface area (Å²) < 4.78 is 11.8. The molecule has 23 heavy (non-hydrogen) atoms. The van der Waals surface area contributed by atoms with Crippen LogP contribution in [0.4, 0.5) is 0 Å². The fourth-order valence-electron chi connectivity index (χ4n) is 1.79. The molecule has 1 aromatic rings. The molecule has 0 aliphatic heterocycles. The van der Waals surface area contributed by atoms with E-state index in [2.05, 4.69) is 36.8 Å². The Kier molecular flexibility index (Phi) is 8.84. The predicted octanol–water partition coefficient (Wildman–Crippen LogP) is 3.78. The van der Waals surface area contributed by atoms with Gasteiger partial charge in [0.2, 0.25) is 0 Å². The highest BCUT2D eigenvalue weighted by molar-refractivity contribution is 9.11. The SMILES string of the molecule is CCO/C=C(\C(=O)OCC)C(=C=O)CCc1c(Br)cncc1Br. The van der Waals surface area contributed by atoms with Crippen molar-refractivity contribution in [1.29, 1.82) is 0 Å². The van der Waals surface area contributed by atoms with Crippen molar-refractivity contribution < 1.29 is 19.1 Å². The van der Waals surface area contributed by atoms with Crippen LogP contribution in [0.5, 0.6) is 0 Å². The maximum absolute atomic E-state index is 12.0. The van der Waals surface area contributed by atoms with Gasteiger partial charge in [0.1, 0.15) is 11.5 Å². The van der Waals surface area contributed by atoms with Gasteiger partial charge in [-0.2, -0.15) is 0 Å². The fraction of sp³-hybridized carbons (Fsp3) is 0.375. The van der Waals surface area contributed by atoms with E-state index in [1.165, 1.54) is 6.26 Å². The third-order valence-electron chi connectivity index (χ3n) is 2.89. The summed E-state index contributed by atoms with van der Waals surface area (Å²) in [4.78, 5) is 27.3. The van der Waals surface area contributed by atoms with Crippen molar-refractivity contribution in [3.63, 3.8) is 0 Å². The maximum atomic E-state index is 12.0. The van der Waals surface area contributed by atoms with E-state index < -0.39 is 5.97 Å². The highest BCUT2D eigenvalue weighted by Gasteiger charge is 2.19. The number of carbonyl (C=O) groups excluding carboxylic acids is 2. The number of pyridine rings is 1. The molecular weight excluding hydrogens is 430 g/mol. The molecule has 0 aromatic carbocycles. The zero-order chi connectivity index (χ0) is 17.2. The Morgan fingerprint density at radius 3 is 2.43 bits per heavy atom. The zero-order valence-electron chi connectivity index (χ0n) is 12.9. The molecule has 124 valence electrons. The minimum atomic E-state index is -0.591. The number of halogens is 2. The third kappa shape index (κ3) is 5.94. The number of esters is 1. The lowest BCUT2D eigenvalue weighted by Gasteiger charge is -2.10. The average Bonchev–Trinajstić information content (AvgIpc) is 2.52. The van der Waals surface area contributed by atoms with Crippen LogP contribution in [0, 0.1) is 0 Å². The molecule has 0 unspecified atom stereocenters. The van der Waals surface area contributed by atoms with E-state index >= 15 is 0 Å². The smallest absolute Gasteiger partial charge is 0.342 e. The van der Waals surface area contributed by atoms with E-state index in [9.17, 15) is 9.59 Å². The Bertz CT molecular complexity index is 617. The van der Waals surface area contributed by atoms with Gasteiger partial charge in [0.25, 0.3) is 0 Å². The third-order valence-corrected chi connectivity index (χ3v) is 4.26. The summed E-state index contributed by atoms with van der Waals surface area (Å²) in [5, 5.41) is 0. The van der Waals surface area contributed by atoms with Crippen molar-refractivity contribution in [3.05, 3.63) is 44.3 Å². The van der Waals surface area contributed by atoms with Crippen LogP contribution in [0.1, 0.15) is 25.8 Å². The number of nitrogens with zero attached hydrogens (tertiary/aromatic N) is 1. The molecule has 0 N–H and O–H groups in total. The van der Waals surface area contributed by atoms with Crippen LogP contribution < -0.4 is 0 Å². The predicted molar refractivity (Wildman–Crippen MR) is 93.5 cm³/mol. The van der Waals surface area contributed by atoms with E-state index in [0.29, 0.717) is 19.4 Å². The number of hydrogen-bond acceptors (Lipinski definition) is 5. The van der Waals surface area contributed by atoms with Crippen LogP contribution >= 0.6 is 31.9 Å². The highest BCUT2D eigenvalue weighted by atomic mass is 79.9. The van der Waals surface area contributed by atoms with Gasteiger partial charge in [-0.15, -0.1) is 0 Å². The average molecular weight is 447 g/mol. The highest BCUT2D eigenvalue weighted by Crippen LogP contribution is 2.27. The second kappa shape index (κ2) is 10.4. The van der Waals surface area contributed by atoms with Crippen LogP contribution in [-0.4, -0.2) is 30.1 Å². The minimum absolute atomic E-state index is 0.102. The van der Waals surface area contributed by atoms with Gasteiger partial charge in [-0.3, -0.25) is 4.98 Å². The first-order valence-electron chi connectivity index (χ1n) is 7.06. The molecule has 1 rings (SSSR count). The van der Waals surface area contributed by atoms with Crippen LogP contribution in [-0.2, 0) is 25.5 Å². The van der Waals surface area contributed by atoms with Crippen molar-refractivity contribution in [2.24, 2.45) is 0 Å². The van der Waals surface area contributed by atoms with Crippen molar-refractivity contribution in [3.8, 4) is 0 Å². The van der Waals surface area contributed by atoms with Gasteiger partial charge in [-0.05, 0) is 64.1 Å². The van der Waals surface area contributed by atoms with Crippen molar-refractivity contribution >= 4 is 43.8 Å². The second-order valence-electron chi connectivity index (χ2n) is 4.37. The molecule has 7 heteroatoms. The van der Waals surface area contributed by atoms with Gasteiger partial charge in [-0.1, -0.05) is 0 Å². The molecule has 0 atom stereocenters. The van der Waals surface area contributed by atoms with Gasteiger partial charge < -0.3 is 9.47 Å². The first-order valence-corrected chi connectivity index (χ1v) is 8.64. The van der Waals surface area contributed by atoms with Crippen molar-refractivity contribution in [2.75, 3.05) is 13.2 Å². The Labute approximate surface area is 152 Å². The fourth-order valence-corrected chi connectivity index (χ4v) is 3.11. The maximum Gasteiger partial charge on any atom is 0.342 e. The molecule has 0 aliphatic carbocycles. The Hall–Kier alpha value is -1.43. The Balaban J connectivity index is 2.97. The number of hydrogen-bond donors (Lipinski definition) is 0. The van der Waals surface area contributed by atoms with Crippen LogP contribution in [0.3, 0.4) is 0 Å². The van der Waals surface area contributed by atoms with Gasteiger partial charge in [-0.25, -0.2) is 9.59 Å². The van der Waals surface area contributed by atoms with E-state index in [1.54, 1.807) is 26.2 Å². The Morgan fingerprint density at radius 1 is 1.26 bits per heavy atom. The summed E-state index contributed by atoms with van der Waals surface area (Å²) >= 11 is 6.84. The largest absolute Gasteiger partial charge is 0.501 e. The van der Waals surface area contributed by atoms with Crippen molar-refractivity contribution in [1.82, 2.24) is 4.98 Å². The molecule has 0 fully saturated rings. The molecule has 0 bridgehead atoms. The second-order valence-corrected chi connectivity index (χ2v) is 6.08. The Morgan fingerprint density at radius 2 is 1.91 bits per heavy atom. The van der Waals surface area contributed by atoms with E-state index in [0.717, 1.165) is 14.5 Å². The van der Waals surface area contributed by atoms with E-state index in [1.807, 2.05) is 5.94 Å². The first-order chi connectivity index (χ1) is 11.0. The lowest BCUT2D eigenvalue weighted by atomic mass is 10.0. The van der Waals surface area contributed by atoms with E-state index in [4.69, 9.17) is 9.47 Å². The lowest BCUT2D eigenvalue weighted by molar-refractivity contribution is -0.138. The summed E-state index contributed by atoms with van der Waals surface area (Å²) in [5.74, 6) is 1.24. The van der Waals surface area contributed by atoms with Crippen LogP contribution in [0.25, 0.3) is 0 Å². The van der Waals surface area contributed by atoms with Gasteiger partial charge in [0, 0.05) is 21.3 Å². The molecule has 0 spiro atoms. The molecule has 1 aromatic heterocycles. The molecule has 0 saturated heterocycles. The van der Waals surface area contributed by atoms with Crippen LogP contribution in [0.15, 0.2) is 38.7 Å². The number of rotatable bonds is 8. The summed E-state index contributed by atoms with van der Waals surface area (Å²) in [7, 11) is 0. The number of carbonyl (C=O) groups is 1. The first kappa shape index (κ1) is 19.6. The molecule has 0 amide bonds. The molecule has 0 aliphatic rings. The van der Waals surface area contributed by atoms with Crippen molar-refractivity contribution in [2.45, 2.75) is 26.7 Å². The number of ether oxygens (including phenoxy) is 2. The topological polar surface area (TPSA) is 65.5 Å². The molecule has 5 nitrogen and oxygen atoms in total. The van der Waals surface area contributed by atoms with Gasteiger partial charge in [0.15, 0.2) is 0 Å². The van der Waals surface area contributed by atoms with Gasteiger partial charge in [0.05, 0.1) is 25.0 Å². The summed E-state index contributed by atoms with van der Waals surface area (Å²) in [6, 6.07) is 0. The minimum Gasteiger partial charge on any atom is -0.501 e. The summed E-state index contributed by atoms with van der Waals surface area (Å²) in [6.07, 6.45) is 5.45. The summed E-state index contributed by atoms with van der Waals surface area (Å²) in [6.45, 7) is 4.09.